The molecule has 0 saturated heterocycles. The Morgan fingerprint density at radius 1 is 0.545 bits per heavy atom. The van der Waals surface area contributed by atoms with Gasteiger partial charge in [0.25, 0.3) is 0 Å². The maximum Gasteiger partial charge on any atom is 0.119 e. The monoisotopic (exact) mass is 750 g/mol. The largest absolute Gasteiger partial charge is 0.497 e. The van der Waals surface area contributed by atoms with E-state index in [9.17, 15) is 10.2 Å². The summed E-state index contributed by atoms with van der Waals surface area (Å²) < 4.78 is 16.2. The molecule has 0 amide bonds. The van der Waals surface area contributed by atoms with Crippen LogP contribution in [0.2, 0.25) is 0 Å². The number of benzene rings is 4. The fraction of sp³-hybridized carbons (Fsp3) is 0.500. The smallest absolute Gasteiger partial charge is 0.119 e. The van der Waals surface area contributed by atoms with Crippen LogP contribution >= 0.6 is 0 Å². The van der Waals surface area contributed by atoms with Crippen molar-refractivity contribution in [2.75, 3.05) is 62.6 Å². The van der Waals surface area contributed by atoms with Crippen molar-refractivity contribution in [2.24, 2.45) is 23.7 Å². The normalized spacial score (nSPS) is 24.8. The van der Waals surface area contributed by atoms with Gasteiger partial charge in [-0.25, -0.2) is 0 Å². The van der Waals surface area contributed by atoms with Gasteiger partial charge in [-0.15, -0.1) is 0 Å². The summed E-state index contributed by atoms with van der Waals surface area (Å²) in [5.41, 5.74) is 3.31. The van der Waals surface area contributed by atoms with Crippen LogP contribution in [-0.2, 0) is 24.9 Å². The van der Waals surface area contributed by atoms with E-state index < -0.39 is 11.2 Å². The number of ether oxygens (including phenoxy) is 3. The SMILES string of the molecule is COc1cccc(CC2CCC(CN(C)C)C2(O)CCCc2ccccc2)c1.COc1cccc(CC2CCC(CN(C)C)C2(O)c2cccc(OC)c2)c1. The number of rotatable bonds is 16. The van der Waals surface area contributed by atoms with Gasteiger partial charge in [0.15, 0.2) is 0 Å². The maximum absolute atomic E-state index is 12.0. The van der Waals surface area contributed by atoms with Crippen molar-refractivity contribution in [1.82, 2.24) is 9.80 Å². The van der Waals surface area contributed by atoms with Gasteiger partial charge < -0.3 is 34.2 Å². The predicted molar refractivity (Wildman–Crippen MR) is 224 cm³/mol. The summed E-state index contributed by atoms with van der Waals surface area (Å²) in [7, 11) is 13.4. The van der Waals surface area contributed by atoms with Gasteiger partial charge >= 0.3 is 0 Å². The third-order valence-electron chi connectivity index (χ3n) is 12.2. The molecule has 6 atom stereocenters. The van der Waals surface area contributed by atoms with Gasteiger partial charge in [0.05, 0.1) is 32.5 Å². The first-order valence-electron chi connectivity index (χ1n) is 20.2. The van der Waals surface area contributed by atoms with Crippen molar-refractivity contribution in [3.05, 3.63) is 125 Å². The van der Waals surface area contributed by atoms with E-state index in [4.69, 9.17) is 14.2 Å². The van der Waals surface area contributed by atoms with Crippen molar-refractivity contribution >= 4 is 0 Å². The fourth-order valence-corrected chi connectivity index (χ4v) is 9.45. The van der Waals surface area contributed by atoms with Crippen LogP contribution in [0, 0.1) is 23.7 Å². The molecule has 0 radical (unpaired) electrons. The predicted octanol–water partition coefficient (Wildman–Crippen LogP) is 8.30. The van der Waals surface area contributed by atoms with Gasteiger partial charge in [-0.1, -0.05) is 66.7 Å². The standard InChI is InChI=1S/C25H35NO2.C23H31NO3/c1-26(2)19-23-15-14-22(17-21-11-7-13-24(18-21)28-3)25(23,27)16-8-12-20-9-5-4-6-10-20;1-24(2)16-20-12-11-19(13-17-7-5-9-21(14-17)26-3)23(20,25)18-8-6-10-22(15-18)27-4/h4-7,9-11,13,18,22-23,27H,8,12,14-17,19H2,1-3H3;5-10,14-15,19-20,25H,11-13,16H2,1-4H3. The van der Waals surface area contributed by atoms with Crippen LogP contribution in [0.25, 0.3) is 0 Å². The van der Waals surface area contributed by atoms with E-state index in [2.05, 4.69) is 98.7 Å². The summed E-state index contributed by atoms with van der Waals surface area (Å²) in [6, 6.07) is 35.0. The second-order valence-corrected chi connectivity index (χ2v) is 16.5. The lowest BCUT2D eigenvalue weighted by Gasteiger charge is -2.37. The molecule has 4 aromatic carbocycles. The van der Waals surface area contributed by atoms with Crippen LogP contribution in [0.1, 0.15) is 60.8 Å². The Hall–Kier alpha value is -3.88. The van der Waals surface area contributed by atoms with Crippen LogP contribution in [0.4, 0.5) is 0 Å². The van der Waals surface area contributed by atoms with Gasteiger partial charge in [-0.2, -0.15) is 0 Å². The third-order valence-corrected chi connectivity index (χ3v) is 12.2. The quantitative estimate of drug-likeness (QED) is 0.119. The molecule has 2 saturated carbocycles. The van der Waals surface area contributed by atoms with Crippen LogP contribution in [0.5, 0.6) is 17.2 Å². The van der Waals surface area contributed by atoms with Crippen LogP contribution in [-0.4, -0.2) is 88.2 Å². The summed E-state index contributed by atoms with van der Waals surface area (Å²) in [5, 5.41) is 23.9. The van der Waals surface area contributed by atoms with Gasteiger partial charge in [0.1, 0.15) is 17.2 Å². The number of hydrogen-bond donors (Lipinski definition) is 2. The van der Waals surface area contributed by atoms with E-state index in [0.717, 1.165) is 93.7 Å². The number of aryl methyl sites for hydroxylation is 1. The van der Waals surface area contributed by atoms with E-state index >= 15 is 0 Å². The van der Waals surface area contributed by atoms with E-state index in [1.807, 2.05) is 42.5 Å². The summed E-state index contributed by atoms with van der Waals surface area (Å²) in [6.07, 6.45) is 8.89. The Labute approximate surface area is 331 Å². The number of nitrogens with zero attached hydrogens (tertiary/aromatic N) is 2. The average molecular weight is 751 g/mol. The highest BCUT2D eigenvalue weighted by molar-refractivity contribution is 5.36. The molecule has 2 N–H and O–H groups in total. The van der Waals surface area contributed by atoms with Gasteiger partial charge in [-0.05, 0) is 156 Å². The highest BCUT2D eigenvalue weighted by atomic mass is 16.5. The molecule has 298 valence electrons. The Morgan fingerprint density at radius 2 is 1.02 bits per heavy atom. The Bertz CT molecular complexity index is 1750. The first kappa shape index (κ1) is 42.3. The summed E-state index contributed by atoms with van der Waals surface area (Å²) >= 11 is 0. The zero-order chi connectivity index (χ0) is 39.4. The summed E-state index contributed by atoms with van der Waals surface area (Å²) in [6.45, 7) is 1.82. The minimum absolute atomic E-state index is 0.154. The van der Waals surface area contributed by atoms with Crippen molar-refractivity contribution in [3.8, 4) is 17.2 Å². The Balaban J connectivity index is 0.000000211. The topological polar surface area (TPSA) is 74.6 Å². The number of methoxy groups -OCH3 is 3. The van der Waals surface area contributed by atoms with E-state index in [0.29, 0.717) is 11.8 Å². The lowest BCUT2D eigenvalue weighted by Crippen LogP contribution is -2.44. The van der Waals surface area contributed by atoms with Gasteiger partial charge in [0.2, 0.25) is 0 Å². The molecule has 6 rings (SSSR count). The van der Waals surface area contributed by atoms with E-state index in [-0.39, 0.29) is 11.8 Å². The molecule has 2 aliphatic carbocycles. The minimum Gasteiger partial charge on any atom is -0.497 e. The average Bonchev–Trinajstić information content (AvgIpc) is 3.66. The third kappa shape index (κ3) is 10.9. The van der Waals surface area contributed by atoms with Crippen molar-refractivity contribution < 1.29 is 24.4 Å². The van der Waals surface area contributed by atoms with Crippen molar-refractivity contribution in [2.45, 2.75) is 69.0 Å². The highest BCUT2D eigenvalue weighted by Crippen LogP contribution is 2.50. The minimum atomic E-state index is -0.873. The molecule has 2 fully saturated rings. The fourth-order valence-electron chi connectivity index (χ4n) is 9.45. The lowest BCUT2D eigenvalue weighted by molar-refractivity contribution is -0.0510. The van der Waals surface area contributed by atoms with E-state index in [1.165, 1.54) is 16.7 Å². The van der Waals surface area contributed by atoms with Crippen LogP contribution in [0.15, 0.2) is 103 Å². The first-order valence-corrected chi connectivity index (χ1v) is 20.2. The molecule has 55 heavy (non-hydrogen) atoms. The van der Waals surface area contributed by atoms with Crippen molar-refractivity contribution in [3.63, 3.8) is 0 Å². The molecule has 4 aromatic rings. The molecule has 6 unspecified atom stereocenters. The molecule has 0 heterocycles. The van der Waals surface area contributed by atoms with Crippen LogP contribution in [0.3, 0.4) is 0 Å². The molecule has 7 heteroatoms. The zero-order valence-electron chi connectivity index (χ0n) is 34.4. The number of hydrogen-bond acceptors (Lipinski definition) is 7. The number of aliphatic hydroxyl groups is 2. The molecule has 2 aliphatic rings. The second-order valence-electron chi connectivity index (χ2n) is 16.5. The molecule has 0 aliphatic heterocycles. The molecule has 0 aromatic heterocycles. The Kier molecular flexibility index (Phi) is 15.2. The summed E-state index contributed by atoms with van der Waals surface area (Å²) in [5.74, 6) is 3.54. The van der Waals surface area contributed by atoms with Gasteiger partial charge in [-0.3, -0.25) is 0 Å². The Morgan fingerprint density at radius 3 is 1.60 bits per heavy atom. The molecule has 0 spiro atoms. The summed E-state index contributed by atoms with van der Waals surface area (Å²) in [4.78, 5) is 4.39. The molecule has 7 nitrogen and oxygen atoms in total. The van der Waals surface area contributed by atoms with Crippen LogP contribution < -0.4 is 14.2 Å². The second kappa shape index (κ2) is 19.8. The highest BCUT2D eigenvalue weighted by Gasteiger charge is 2.50. The maximum atomic E-state index is 12.0. The lowest BCUT2D eigenvalue weighted by atomic mass is 9.75. The first-order chi connectivity index (χ1) is 26.5. The van der Waals surface area contributed by atoms with Gasteiger partial charge in [0, 0.05) is 24.9 Å². The zero-order valence-corrected chi connectivity index (χ0v) is 34.4. The van der Waals surface area contributed by atoms with E-state index in [1.54, 1.807) is 21.3 Å². The van der Waals surface area contributed by atoms with Crippen molar-refractivity contribution in [1.29, 1.82) is 0 Å². The molecule has 0 bridgehead atoms. The molecular formula is C48H66N2O5. The molecular weight excluding hydrogens is 685 g/mol.